The Morgan fingerprint density at radius 3 is 2.65 bits per heavy atom. The molecular weight excluding hydrogens is 232 g/mol. The molecule has 0 aliphatic heterocycles. The van der Waals surface area contributed by atoms with Crippen LogP contribution in [0, 0.1) is 0 Å². The van der Waals surface area contributed by atoms with Crippen molar-refractivity contribution in [2.24, 2.45) is 0 Å². The Morgan fingerprint density at radius 2 is 2.00 bits per heavy atom. The second-order valence-corrected chi connectivity index (χ2v) is 6.05. The average molecular weight is 250 g/mol. The summed E-state index contributed by atoms with van der Waals surface area (Å²) in [7, 11) is 0. The highest BCUT2D eigenvalue weighted by Gasteiger charge is 2.13. The lowest BCUT2D eigenvalue weighted by molar-refractivity contribution is 0.171. The molecule has 0 fully saturated rings. The Balaban J connectivity index is 2.48. The Hall–Kier alpha value is -1.00. The Kier molecular flexibility index (Phi) is 3.74. The van der Waals surface area contributed by atoms with E-state index in [1.165, 1.54) is 0 Å². The molecular formula is C13H18N2OS. The Labute approximate surface area is 106 Å². The minimum Gasteiger partial charge on any atom is -0.392 e. The van der Waals surface area contributed by atoms with Crippen molar-refractivity contribution in [3.8, 4) is 0 Å². The molecule has 2 rings (SSSR count). The van der Waals surface area contributed by atoms with E-state index in [1.54, 1.807) is 18.7 Å². The molecule has 1 aromatic carbocycles. The predicted octanol–water partition coefficient (Wildman–Crippen LogP) is 2.92. The zero-order valence-electron chi connectivity index (χ0n) is 10.4. The number of fused-ring (bicyclic) bond motifs is 1. The first-order valence-electron chi connectivity index (χ1n) is 5.88. The zero-order valence-corrected chi connectivity index (χ0v) is 11.2. The van der Waals surface area contributed by atoms with Gasteiger partial charge in [-0.25, -0.2) is 4.98 Å². The molecule has 1 atom stereocenters. The smallest absolute Gasteiger partial charge is 0.169 e. The topological polar surface area (TPSA) is 38.0 Å². The van der Waals surface area contributed by atoms with Gasteiger partial charge in [-0.1, -0.05) is 37.7 Å². The summed E-state index contributed by atoms with van der Waals surface area (Å²) in [6, 6.07) is 8.06. The largest absolute Gasteiger partial charge is 0.392 e. The lowest BCUT2D eigenvalue weighted by Gasteiger charge is -2.11. The Bertz CT molecular complexity index is 505. The third-order valence-electron chi connectivity index (χ3n) is 2.41. The first-order valence-corrected chi connectivity index (χ1v) is 6.76. The highest BCUT2D eigenvalue weighted by Crippen LogP contribution is 2.27. The van der Waals surface area contributed by atoms with Crippen LogP contribution in [0.5, 0.6) is 0 Å². The van der Waals surface area contributed by atoms with Crippen LogP contribution in [0.2, 0.25) is 0 Å². The van der Waals surface area contributed by atoms with E-state index >= 15 is 0 Å². The second-order valence-electron chi connectivity index (χ2n) is 4.51. The maximum Gasteiger partial charge on any atom is 0.169 e. The van der Waals surface area contributed by atoms with Crippen molar-refractivity contribution >= 4 is 22.8 Å². The summed E-state index contributed by atoms with van der Waals surface area (Å²) in [6.07, 6.45) is -0.362. The molecule has 0 saturated carbocycles. The lowest BCUT2D eigenvalue weighted by Crippen LogP contribution is -2.13. The number of para-hydroxylation sites is 2. The van der Waals surface area contributed by atoms with Gasteiger partial charge in [0.05, 0.1) is 23.7 Å². The van der Waals surface area contributed by atoms with E-state index in [2.05, 4.69) is 29.5 Å². The maximum atomic E-state index is 9.58. The molecule has 1 unspecified atom stereocenters. The second kappa shape index (κ2) is 5.10. The third-order valence-corrected chi connectivity index (χ3v) is 3.40. The summed E-state index contributed by atoms with van der Waals surface area (Å²) in [5, 5.41) is 11.1. The van der Waals surface area contributed by atoms with Gasteiger partial charge >= 0.3 is 0 Å². The summed E-state index contributed by atoms with van der Waals surface area (Å²) in [5.41, 5.74) is 2.09. The summed E-state index contributed by atoms with van der Waals surface area (Å²) < 4.78 is 2.10. The number of aromatic nitrogens is 2. The van der Waals surface area contributed by atoms with Gasteiger partial charge in [0.15, 0.2) is 5.16 Å². The number of thioether (sulfide) groups is 1. The van der Waals surface area contributed by atoms with Gasteiger partial charge in [-0.3, -0.25) is 0 Å². The van der Waals surface area contributed by atoms with Gasteiger partial charge in [-0.2, -0.15) is 0 Å². The summed E-state index contributed by atoms with van der Waals surface area (Å²) in [6.45, 7) is 6.70. The van der Waals surface area contributed by atoms with Crippen molar-refractivity contribution in [1.82, 2.24) is 9.55 Å². The van der Waals surface area contributed by atoms with Gasteiger partial charge in [-0.15, -0.1) is 0 Å². The number of hydrogen-bond acceptors (Lipinski definition) is 3. The highest BCUT2D eigenvalue weighted by atomic mass is 32.2. The molecule has 2 aromatic rings. The average Bonchev–Trinajstić information content (AvgIpc) is 2.55. The summed E-state index contributed by atoms with van der Waals surface area (Å²) in [4.78, 5) is 4.62. The van der Waals surface area contributed by atoms with E-state index in [-0.39, 0.29) is 6.10 Å². The van der Waals surface area contributed by atoms with Crippen molar-refractivity contribution in [2.45, 2.75) is 43.8 Å². The maximum absolute atomic E-state index is 9.58. The molecule has 92 valence electrons. The summed E-state index contributed by atoms with van der Waals surface area (Å²) >= 11 is 1.73. The summed E-state index contributed by atoms with van der Waals surface area (Å²) in [5.74, 6) is 0. The SMILES string of the molecule is CC(O)Cn1c(SC(C)C)nc2ccccc21. The zero-order chi connectivity index (χ0) is 12.4. The molecule has 17 heavy (non-hydrogen) atoms. The molecule has 0 bridgehead atoms. The fraction of sp³-hybridized carbons (Fsp3) is 0.462. The molecule has 0 spiro atoms. The van der Waals surface area contributed by atoms with Crippen molar-refractivity contribution in [2.75, 3.05) is 0 Å². The van der Waals surface area contributed by atoms with Crippen molar-refractivity contribution in [3.63, 3.8) is 0 Å². The van der Waals surface area contributed by atoms with Crippen LogP contribution in [0.4, 0.5) is 0 Å². The standard InChI is InChI=1S/C13H18N2OS/c1-9(2)17-13-14-11-6-4-5-7-12(11)15(13)8-10(3)16/h4-7,9-10,16H,8H2,1-3H3. The molecule has 1 heterocycles. The first-order chi connectivity index (χ1) is 8.08. The monoisotopic (exact) mass is 250 g/mol. The fourth-order valence-corrected chi connectivity index (χ4v) is 2.67. The van der Waals surface area contributed by atoms with Crippen molar-refractivity contribution in [1.29, 1.82) is 0 Å². The van der Waals surface area contributed by atoms with Crippen LogP contribution in [-0.2, 0) is 6.54 Å². The first kappa shape index (κ1) is 12.5. The molecule has 3 nitrogen and oxygen atoms in total. The fourth-order valence-electron chi connectivity index (χ4n) is 1.79. The predicted molar refractivity (Wildman–Crippen MR) is 72.4 cm³/mol. The van der Waals surface area contributed by atoms with Crippen molar-refractivity contribution in [3.05, 3.63) is 24.3 Å². The number of imidazole rings is 1. The van der Waals surface area contributed by atoms with Crippen LogP contribution in [0.15, 0.2) is 29.4 Å². The van der Waals surface area contributed by atoms with Crippen LogP contribution < -0.4 is 0 Å². The molecule has 0 radical (unpaired) electrons. The van der Waals surface area contributed by atoms with E-state index in [0.29, 0.717) is 11.8 Å². The number of aliphatic hydroxyl groups excluding tert-OH is 1. The molecule has 1 aromatic heterocycles. The van der Waals surface area contributed by atoms with Gasteiger partial charge in [-0.05, 0) is 19.1 Å². The highest BCUT2D eigenvalue weighted by molar-refractivity contribution is 7.99. The molecule has 4 heteroatoms. The molecule has 1 N–H and O–H groups in total. The molecule has 0 aliphatic carbocycles. The van der Waals surface area contributed by atoms with Gasteiger partial charge in [0, 0.05) is 5.25 Å². The van der Waals surface area contributed by atoms with E-state index in [1.807, 2.05) is 18.2 Å². The van der Waals surface area contributed by atoms with Gasteiger partial charge < -0.3 is 9.67 Å². The van der Waals surface area contributed by atoms with E-state index in [4.69, 9.17) is 0 Å². The molecule has 0 amide bonds. The van der Waals surface area contributed by atoms with Gasteiger partial charge in [0.1, 0.15) is 0 Å². The number of benzene rings is 1. The Morgan fingerprint density at radius 1 is 1.29 bits per heavy atom. The van der Waals surface area contributed by atoms with Crippen LogP contribution >= 0.6 is 11.8 Å². The van der Waals surface area contributed by atoms with Crippen LogP contribution in [0.3, 0.4) is 0 Å². The molecule has 0 aliphatic rings. The van der Waals surface area contributed by atoms with Gasteiger partial charge in [0.2, 0.25) is 0 Å². The van der Waals surface area contributed by atoms with Gasteiger partial charge in [0.25, 0.3) is 0 Å². The number of nitrogens with zero attached hydrogens (tertiary/aromatic N) is 2. The van der Waals surface area contributed by atoms with Crippen LogP contribution in [-0.4, -0.2) is 26.0 Å². The number of rotatable bonds is 4. The number of aliphatic hydroxyl groups is 1. The normalized spacial score (nSPS) is 13.5. The van der Waals surface area contributed by atoms with E-state index in [9.17, 15) is 5.11 Å². The van der Waals surface area contributed by atoms with Crippen molar-refractivity contribution < 1.29 is 5.11 Å². The van der Waals surface area contributed by atoms with Crippen LogP contribution in [0.25, 0.3) is 11.0 Å². The molecule has 0 saturated heterocycles. The van der Waals surface area contributed by atoms with E-state index in [0.717, 1.165) is 16.2 Å². The number of hydrogen-bond donors (Lipinski definition) is 1. The minimum atomic E-state index is -0.362. The minimum absolute atomic E-state index is 0.362. The lowest BCUT2D eigenvalue weighted by atomic mass is 10.3. The van der Waals surface area contributed by atoms with Crippen LogP contribution in [0.1, 0.15) is 20.8 Å². The third kappa shape index (κ3) is 2.82. The quantitative estimate of drug-likeness (QED) is 0.848. The van der Waals surface area contributed by atoms with E-state index < -0.39 is 0 Å².